The lowest BCUT2D eigenvalue weighted by Gasteiger charge is -2.19. The molecule has 0 radical (unpaired) electrons. The van der Waals surface area contributed by atoms with Gasteiger partial charge in [-0.25, -0.2) is 4.39 Å². The molecule has 1 aliphatic rings. The molecule has 0 saturated carbocycles. The summed E-state index contributed by atoms with van der Waals surface area (Å²) < 4.78 is 12.9. The Morgan fingerprint density at radius 1 is 1.10 bits per heavy atom. The summed E-state index contributed by atoms with van der Waals surface area (Å²) in [7, 11) is 0. The number of hydrogen-bond acceptors (Lipinski definition) is 1. The van der Waals surface area contributed by atoms with Gasteiger partial charge in [-0.3, -0.25) is 0 Å². The van der Waals surface area contributed by atoms with Gasteiger partial charge in [0.05, 0.1) is 0 Å². The molecule has 0 aromatic heterocycles. The Hall–Kier alpha value is -1.38. The van der Waals surface area contributed by atoms with Crippen molar-refractivity contribution >= 4 is 11.6 Å². The minimum Gasteiger partial charge on any atom is -0.307 e. The maximum atomic E-state index is 12.9. The van der Waals surface area contributed by atoms with Crippen LogP contribution in [-0.2, 0) is 12.8 Å². The van der Waals surface area contributed by atoms with Gasteiger partial charge in [-0.2, -0.15) is 0 Å². The van der Waals surface area contributed by atoms with Crippen molar-refractivity contribution < 1.29 is 4.39 Å². The first-order valence-electron chi connectivity index (χ1n) is 6.90. The highest BCUT2D eigenvalue weighted by molar-refractivity contribution is 6.30. The number of rotatable bonds is 3. The largest absolute Gasteiger partial charge is 0.307 e. The first-order valence-corrected chi connectivity index (χ1v) is 7.28. The van der Waals surface area contributed by atoms with Crippen LogP contribution in [0.3, 0.4) is 0 Å². The zero-order valence-electron chi connectivity index (χ0n) is 11.4. The topological polar surface area (TPSA) is 12.0 Å². The SMILES string of the molecule is C[C@@H](NC1Cc2ccc(Cl)cc2C1)c1ccc(F)cc1. The highest BCUT2D eigenvalue weighted by Gasteiger charge is 2.23. The average Bonchev–Trinajstić information content (AvgIpc) is 2.80. The fourth-order valence-electron chi connectivity index (χ4n) is 2.91. The van der Waals surface area contributed by atoms with Gasteiger partial charge in [-0.1, -0.05) is 29.8 Å². The molecule has 1 nitrogen and oxygen atoms in total. The second kappa shape index (κ2) is 5.55. The molecule has 0 aliphatic heterocycles. The van der Waals surface area contributed by atoms with Crippen LogP contribution in [0.5, 0.6) is 0 Å². The maximum Gasteiger partial charge on any atom is 0.123 e. The Morgan fingerprint density at radius 2 is 1.80 bits per heavy atom. The molecule has 2 aromatic carbocycles. The normalized spacial score (nSPS) is 18.9. The van der Waals surface area contributed by atoms with Crippen molar-refractivity contribution in [3.05, 3.63) is 70.0 Å². The summed E-state index contributed by atoms with van der Waals surface area (Å²) in [6, 6.07) is 13.5. The molecule has 0 spiro atoms. The van der Waals surface area contributed by atoms with Crippen LogP contribution in [0.4, 0.5) is 4.39 Å². The zero-order chi connectivity index (χ0) is 14.1. The van der Waals surface area contributed by atoms with Crippen molar-refractivity contribution in [2.75, 3.05) is 0 Å². The summed E-state index contributed by atoms with van der Waals surface area (Å²) >= 11 is 6.03. The van der Waals surface area contributed by atoms with E-state index in [1.165, 1.54) is 23.3 Å². The van der Waals surface area contributed by atoms with Gasteiger partial charge in [0, 0.05) is 17.1 Å². The molecule has 20 heavy (non-hydrogen) atoms. The number of nitrogens with one attached hydrogen (secondary N) is 1. The third-order valence-electron chi connectivity index (χ3n) is 3.96. The molecule has 0 fully saturated rings. The molecule has 1 aliphatic carbocycles. The Bertz CT molecular complexity index is 609. The van der Waals surface area contributed by atoms with E-state index in [9.17, 15) is 4.39 Å². The Labute approximate surface area is 123 Å². The fraction of sp³-hybridized carbons (Fsp3) is 0.294. The first kappa shape index (κ1) is 13.6. The predicted molar refractivity (Wildman–Crippen MR) is 80.6 cm³/mol. The van der Waals surface area contributed by atoms with Crippen molar-refractivity contribution in [3.8, 4) is 0 Å². The van der Waals surface area contributed by atoms with Crippen LogP contribution in [0.15, 0.2) is 42.5 Å². The fourth-order valence-corrected chi connectivity index (χ4v) is 3.10. The van der Waals surface area contributed by atoms with Crippen molar-refractivity contribution in [3.63, 3.8) is 0 Å². The quantitative estimate of drug-likeness (QED) is 0.888. The second-order valence-electron chi connectivity index (χ2n) is 5.46. The predicted octanol–water partition coefficient (Wildman–Crippen LogP) is 4.30. The highest BCUT2D eigenvalue weighted by atomic mass is 35.5. The van der Waals surface area contributed by atoms with Crippen molar-refractivity contribution in [1.29, 1.82) is 0 Å². The summed E-state index contributed by atoms with van der Waals surface area (Å²) in [6.07, 6.45) is 2.03. The van der Waals surface area contributed by atoms with Gasteiger partial charge in [-0.05, 0) is 60.7 Å². The van der Waals surface area contributed by atoms with Crippen molar-refractivity contribution in [2.45, 2.75) is 31.8 Å². The number of hydrogen-bond donors (Lipinski definition) is 1. The molecule has 3 heteroatoms. The van der Waals surface area contributed by atoms with Gasteiger partial charge in [0.15, 0.2) is 0 Å². The highest BCUT2D eigenvalue weighted by Crippen LogP contribution is 2.27. The second-order valence-corrected chi connectivity index (χ2v) is 5.89. The molecule has 3 rings (SSSR count). The molecule has 0 amide bonds. The third-order valence-corrected chi connectivity index (χ3v) is 4.19. The number of halogens is 2. The lowest BCUT2D eigenvalue weighted by Crippen LogP contribution is -2.32. The summed E-state index contributed by atoms with van der Waals surface area (Å²) in [5.74, 6) is -0.191. The van der Waals surface area contributed by atoms with Gasteiger partial charge in [-0.15, -0.1) is 0 Å². The van der Waals surface area contributed by atoms with Gasteiger partial charge >= 0.3 is 0 Å². The van der Waals surface area contributed by atoms with E-state index < -0.39 is 0 Å². The molecule has 104 valence electrons. The average molecular weight is 290 g/mol. The Kier molecular flexibility index (Phi) is 3.77. The standard InChI is InChI=1S/C17H17ClFN/c1-11(12-3-6-16(19)7-4-12)20-17-9-13-2-5-15(18)8-14(13)10-17/h2-8,11,17,20H,9-10H2,1H3/t11-,17?/m1/s1. The summed E-state index contributed by atoms with van der Waals surface area (Å²) in [6.45, 7) is 2.11. The van der Waals surface area contributed by atoms with Crippen LogP contribution in [0.25, 0.3) is 0 Å². The van der Waals surface area contributed by atoms with Crippen LogP contribution in [0.1, 0.15) is 29.7 Å². The molecular formula is C17H17ClFN. The minimum atomic E-state index is -0.191. The van der Waals surface area contributed by atoms with Crippen molar-refractivity contribution in [2.24, 2.45) is 0 Å². The van der Waals surface area contributed by atoms with E-state index in [2.05, 4.69) is 24.4 Å². The molecular weight excluding hydrogens is 273 g/mol. The van der Waals surface area contributed by atoms with E-state index in [0.717, 1.165) is 23.4 Å². The van der Waals surface area contributed by atoms with Crippen LogP contribution in [0, 0.1) is 5.82 Å². The van der Waals surface area contributed by atoms with Crippen LogP contribution >= 0.6 is 11.6 Å². The van der Waals surface area contributed by atoms with E-state index in [4.69, 9.17) is 11.6 Å². The summed E-state index contributed by atoms with van der Waals surface area (Å²) in [5, 5.41) is 4.42. The Morgan fingerprint density at radius 3 is 2.55 bits per heavy atom. The summed E-state index contributed by atoms with van der Waals surface area (Å²) in [5.41, 5.74) is 3.82. The van der Waals surface area contributed by atoms with Crippen LogP contribution < -0.4 is 5.32 Å². The third kappa shape index (κ3) is 2.87. The Balaban J connectivity index is 1.67. The van der Waals surface area contributed by atoms with E-state index in [1.807, 2.05) is 18.2 Å². The number of fused-ring (bicyclic) bond motifs is 1. The molecule has 0 saturated heterocycles. The van der Waals surface area contributed by atoms with Crippen LogP contribution in [-0.4, -0.2) is 6.04 Å². The lowest BCUT2D eigenvalue weighted by atomic mass is 10.1. The minimum absolute atomic E-state index is 0.191. The van der Waals surface area contributed by atoms with E-state index in [1.54, 1.807) is 0 Å². The van der Waals surface area contributed by atoms with Crippen molar-refractivity contribution in [1.82, 2.24) is 5.32 Å². The zero-order valence-corrected chi connectivity index (χ0v) is 12.1. The maximum absolute atomic E-state index is 12.9. The molecule has 2 aromatic rings. The summed E-state index contributed by atoms with van der Waals surface area (Å²) in [4.78, 5) is 0. The number of benzene rings is 2. The van der Waals surface area contributed by atoms with Gasteiger partial charge < -0.3 is 5.32 Å². The molecule has 0 bridgehead atoms. The smallest absolute Gasteiger partial charge is 0.123 e. The monoisotopic (exact) mass is 289 g/mol. The van der Waals surface area contributed by atoms with Gasteiger partial charge in [0.1, 0.15) is 5.82 Å². The molecule has 2 atom stereocenters. The molecule has 1 N–H and O–H groups in total. The van der Waals surface area contributed by atoms with E-state index >= 15 is 0 Å². The van der Waals surface area contributed by atoms with Crippen LogP contribution in [0.2, 0.25) is 5.02 Å². The van der Waals surface area contributed by atoms with Gasteiger partial charge in [0.2, 0.25) is 0 Å². The molecule has 0 heterocycles. The van der Waals surface area contributed by atoms with Gasteiger partial charge in [0.25, 0.3) is 0 Å². The van der Waals surface area contributed by atoms with E-state index in [-0.39, 0.29) is 11.9 Å². The molecule has 1 unspecified atom stereocenters. The first-order chi connectivity index (χ1) is 9.61. The lowest BCUT2D eigenvalue weighted by molar-refractivity contribution is 0.467. The van der Waals surface area contributed by atoms with E-state index in [0.29, 0.717) is 6.04 Å².